The van der Waals surface area contributed by atoms with Gasteiger partial charge in [0, 0.05) is 28.9 Å². The Morgan fingerprint density at radius 3 is 0.679 bits per heavy atom. The van der Waals surface area contributed by atoms with E-state index in [-0.39, 0.29) is 23.7 Å². The normalized spacial score (nSPS) is 11.1. The Morgan fingerprint density at radius 2 is 0.453 bits per heavy atom. The van der Waals surface area contributed by atoms with E-state index in [0.717, 1.165) is 72.3 Å². The van der Waals surface area contributed by atoms with Crippen molar-refractivity contribution < 1.29 is 57.3 Å². The van der Waals surface area contributed by atoms with Crippen molar-refractivity contribution in [3.8, 4) is 23.0 Å². The van der Waals surface area contributed by atoms with E-state index in [4.69, 9.17) is 18.9 Å². The van der Waals surface area contributed by atoms with Gasteiger partial charge in [0.1, 0.15) is 23.0 Å². The van der Waals surface area contributed by atoms with Crippen molar-refractivity contribution in [3.63, 3.8) is 0 Å². The molecule has 0 heterocycles. The zero-order chi connectivity index (χ0) is 73.4. The van der Waals surface area contributed by atoms with Crippen molar-refractivity contribution in [1.82, 2.24) is 0 Å². The van der Waals surface area contributed by atoms with E-state index in [1.54, 1.807) is 158 Å². The van der Waals surface area contributed by atoms with Gasteiger partial charge in [-0.2, -0.15) is 20.0 Å². The number of benzene rings is 12. The summed E-state index contributed by atoms with van der Waals surface area (Å²) in [5.41, 5.74) is 15.5. The van der Waals surface area contributed by atoms with Gasteiger partial charge in [-0.15, -0.1) is 0 Å². The number of amides is 3. The molecule has 0 saturated heterocycles. The lowest BCUT2D eigenvalue weighted by Crippen LogP contribution is -2.18. The number of esters is 1. The first kappa shape index (κ1) is 71.3. The summed E-state index contributed by atoms with van der Waals surface area (Å²) in [6.07, 6.45) is 6.49. The van der Waals surface area contributed by atoms with Gasteiger partial charge in [-0.3, -0.25) is 20.7 Å². The number of rotatable bonds is 26. The van der Waals surface area contributed by atoms with Crippen LogP contribution in [0.3, 0.4) is 0 Å². The summed E-state index contributed by atoms with van der Waals surface area (Å²) in [7, 11) is 0. The van der Waals surface area contributed by atoms with Crippen molar-refractivity contribution in [1.29, 1.82) is 0 Å². The summed E-state index contributed by atoms with van der Waals surface area (Å²) in [5.74, 6) is -0.510. The SMILES string of the molecule is O=C=Nc1ccc(Cc2ccc(CC(=O)Oc3ccc(C(c4ccc(OC(=O)Nc5ccc(Cc6ccc(N=C=O)cc6)cc5)cc4)C(c4ccc(OC(=O)Nc5ccc(Cc6ccc(N=C=O)cc6)cc5)cc4)c4ccc(OC(=O)Nc5ccc(Cc6ccc(N=C=O)cc6)cc5)cc4)cc3)cc2)cc1. The maximum Gasteiger partial charge on any atom is 0.417 e. The zero-order valence-electron chi connectivity index (χ0n) is 56.6. The highest BCUT2D eigenvalue weighted by Gasteiger charge is 2.30. The first-order valence-electron chi connectivity index (χ1n) is 33.4. The van der Waals surface area contributed by atoms with Crippen LogP contribution in [-0.4, -0.2) is 48.6 Å². The second-order valence-corrected chi connectivity index (χ2v) is 24.5. The quantitative estimate of drug-likeness (QED) is 0.0198. The Morgan fingerprint density at radius 1 is 0.255 bits per heavy atom. The molecule has 3 N–H and O–H groups in total. The van der Waals surface area contributed by atoms with Gasteiger partial charge in [-0.05, 0) is 231 Å². The number of isocyanates is 4. The topological polar surface area (TPSA) is 259 Å². The van der Waals surface area contributed by atoms with E-state index >= 15 is 0 Å². The van der Waals surface area contributed by atoms with Crippen LogP contribution in [0.25, 0.3) is 0 Å². The monoisotopic (exact) mass is 1400 g/mol. The molecule has 12 rings (SSSR count). The number of carbonyl (C=O) groups excluding carboxylic acids is 8. The molecule has 1 unspecified atom stereocenters. The second-order valence-electron chi connectivity index (χ2n) is 24.5. The van der Waals surface area contributed by atoms with Crippen LogP contribution < -0.4 is 34.9 Å². The Balaban J connectivity index is 0.797. The Hall–Kier alpha value is -14.6. The number of hydrogen-bond donors (Lipinski definition) is 3. The summed E-state index contributed by atoms with van der Waals surface area (Å²) in [5, 5.41) is 8.43. The minimum Gasteiger partial charge on any atom is -0.426 e. The van der Waals surface area contributed by atoms with Gasteiger partial charge in [-0.1, -0.05) is 158 Å². The fraction of sp³-hybridized carbons (Fsp3) is 0.0805. The molecule has 0 aliphatic rings. The van der Waals surface area contributed by atoms with E-state index in [0.29, 0.717) is 71.2 Å². The number of carbonyl (C=O) groups is 4. The summed E-state index contributed by atoms with van der Waals surface area (Å²) in [6.45, 7) is 0. The van der Waals surface area contributed by atoms with Crippen LogP contribution in [0.5, 0.6) is 23.0 Å². The third kappa shape index (κ3) is 20.3. The van der Waals surface area contributed by atoms with Crippen LogP contribution >= 0.6 is 0 Å². The van der Waals surface area contributed by atoms with Gasteiger partial charge in [0.2, 0.25) is 24.3 Å². The third-order valence-corrected chi connectivity index (χ3v) is 17.2. The molecule has 1 atom stereocenters. The first-order chi connectivity index (χ1) is 51.8. The molecular weight excluding hydrogens is 1330 g/mol. The van der Waals surface area contributed by atoms with E-state index in [1.807, 2.05) is 158 Å². The summed E-state index contributed by atoms with van der Waals surface area (Å²) in [6, 6.07) is 87.3. The minimum atomic E-state index is -0.720. The molecule has 0 spiro atoms. The zero-order valence-corrected chi connectivity index (χ0v) is 56.6. The number of aliphatic imine (C=N–C) groups is 4. The average molecular weight is 1400 g/mol. The standard InChI is InChI=1S/C87H63N7O12/c95-54-88-71-27-5-59(6-28-71)49-58-1-3-66(4-2-58)53-82(99)103-78-41-19-67(20-42-78)83(68-21-43-79(44-22-68)104-85(100)92-75-35-13-63(14-36-75)50-60-7-29-72(30-8-60)89-55-96)84(69-23-45-80(46-24-69)105-86(101)93-76-37-15-64(16-38-76)51-61-9-31-73(32-10-61)90-56-97)70-25-47-81(48-26-70)106-87(102)94-77-39-17-65(18-40-77)52-62-11-33-74(34-12-62)91-57-98/h1-48,83-84H,49-53H2,(H,92,100)(H,93,101)(H,94,102). The number of nitrogens with zero attached hydrogens (tertiary/aromatic N) is 4. The lowest BCUT2D eigenvalue weighted by atomic mass is 9.73. The number of ether oxygens (including phenoxy) is 4. The fourth-order valence-electron chi connectivity index (χ4n) is 12.0. The second kappa shape index (κ2) is 35.2. The summed E-state index contributed by atoms with van der Waals surface area (Å²) < 4.78 is 23.5. The van der Waals surface area contributed by atoms with Crippen molar-refractivity contribution in [3.05, 3.63) is 364 Å². The van der Waals surface area contributed by atoms with E-state index in [2.05, 4.69) is 35.9 Å². The summed E-state index contributed by atoms with van der Waals surface area (Å²) in [4.78, 5) is 112. The first-order valence-corrected chi connectivity index (χ1v) is 33.4. The average Bonchev–Trinajstić information content (AvgIpc) is 0.776. The van der Waals surface area contributed by atoms with Gasteiger partial charge >= 0.3 is 24.2 Å². The highest BCUT2D eigenvalue weighted by molar-refractivity contribution is 5.88. The maximum absolute atomic E-state index is 13.6. The number of nitrogens with one attached hydrogen (secondary N) is 3. The van der Waals surface area contributed by atoms with Crippen molar-refractivity contribution in [2.75, 3.05) is 16.0 Å². The van der Waals surface area contributed by atoms with Crippen LogP contribution in [-0.2, 0) is 56.1 Å². The Kier molecular flexibility index (Phi) is 23.6. The predicted octanol–water partition coefficient (Wildman–Crippen LogP) is 18.9. The van der Waals surface area contributed by atoms with Crippen molar-refractivity contribution in [2.24, 2.45) is 20.0 Å². The molecule has 12 aromatic carbocycles. The van der Waals surface area contributed by atoms with Gasteiger partial charge < -0.3 is 18.9 Å². The summed E-state index contributed by atoms with van der Waals surface area (Å²) >= 11 is 0. The lowest BCUT2D eigenvalue weighted by Gasteiger charge is -2.30. The molecule has 12 aromatic rings. The number of anilines is 3. The van der Waals surface area contributed by atoms with Crippen LogP contribution in [0.4, 0.5) is 54.2 Å². The van der Waals surface area contributed by atoms with Crippen LogP contribution in [0, 0.1) is 0 Å². The molecule has 0 aromatic heterocycles. The Bertz CT molecular complexity index is 4590. The van der Waals surface area contributed by atoms with Crippen LogP contribution in [0.15, 0.2) is 311 Å². The highest BCUT2D eigenvalue weighted by Crippen LogP contribution is 2.45. The molecule has 0 saturated carbocycles. The van der Waals surface area contributed by atoms with Gasteiger partial charge in [0.05, 0.1) is 29.2 Å². The molecule has 0 fully saturated rings. The molecule has 0 radical (unpaired) electrons. The molecule has 0 bridgehead atoms. The van der Waals surface area contributed by atoms with E-state index < -0.39 is 36.1 Å². The molecule has 0 aliphatic carbocycles. The fourth-order valence-corrected chi connectivity index (χ4v) is 12.0. The van der Waals surface area contributed by atoms with E-state index in [1.165, 1.54) is 0 Å². The predicted molar refractivity (Wildman–Crippen MR) is 402 cm³/mol. The van der Waals surface area contributed by atoms with Crippen LogP contribution in [0.1, 0.15) is 84.2 Å². The van der Waals surface area contributed by atoms with Gasteiger partial charge in [0.25, 0.3) is 0 Å². The largest absolute Gasteiger partial charge is 0.426 e. The van der Waals surface area contributed by atoms with Gasteiger partial charge in [-0.25, -0.2) is 33.6 Å². The minimum absolute atomic E-state index is 0.00266. The molecule has 3 amide bonds. The van der Waals surface area contributed by atoms with Crippen LogP contribution in [0.2, 0.25) is 0 Å². The van der Waals surface area contributed by atoms with Crippen molar-refractivity contribution in [2.45, 2.75) is 43.9 Å². The molecule has 19 heteroatoms. The highest BCUT2D eigenvalue weighted by atomic mass is 16.6. The van der Waals surface area contributed by atoms with E-state index in [9.17, 15) is 38.4 Å². The Labute approximate surface area is 609 Å². The molecule has 0 aliphatic heterocycles. The molecule has 518 valence electrons. The molecule has 19 nitrogen and oxygen atoms in total. The molecular formula is C87H63N7O12. The third-order valence-electron chi connectivity index (χ3n) is 17.2. The smallest absolute Gasteiger partial charge is 0.417 e. The van der Waals surface area contributed by atoms with Gasteiger partial charge in [0.15, 0.2) is 0 Å². The number of hydrogen-bond acceptors (Lipinski definition) is 16. The van der Waals surface area contributed by atoms with Crippen molar-refractivity contribution >= 4 is 88.4 Å². The maximum atomic E-state index is 13.6. The molecule has 106 heavy (non-hydrogen) atoms. The lowest BCUT2D eigenvalue weighted by molar-refractivity contribution is -0.133.